The second-order valence-corrected chi connectivity index (χ2v) is 14.8. The van der Waals surface area contributed by atoms with Crippen molar-refractivity contribution in [3.63, 3.8) is 0 Å². The van der Waals surface area contributed by atoms with Gasteiger partial charge in [-0.25, -0.2) is 0 Å². The average molecular weight is 747 g/mol. The standard InChI is InChI=1S/C47H70O7/c1-3-4-5-6-7-8-9-10-11-12-13-14-15-25-32-49-37-43(48-2)38-52-46-33-44(51-35-41-28-21-17-22-29-41)47(53-36-42-30-23-18-24-31-42)45(54-46)39-50-34-40-26-19-16-20-27-40/h16-24,26-31,43-47H,3-15,25,32-39H2,1-2H3/t43-,44-,45-,46+,47+/m1/s1. The first-order chi connectivity index (χ1) is 26.7. The molecule has 0 aliphatic carbocycles. The van der Waals surface area contributed by atoms with E-state index in [1.165, 1.54) is 83.5 Å². The molecule has 1 aliphatic heterocycles. The molecule has 0 radical (unpaired) electrons. The molecule has 0 spiro atoms. The molecule has 300 valence electrons. The summed E-state index contributed by atoms with van der Waals surface area (Å²) in [4.78, 5) is 0. The van der Waals surface area contributed by atoms with E-state index in [1.54, 1.807) is 7.11 Å². The van der Waals surface area contributed by atoms with Gasteiger partial charge in [-0.05, 0) is 23.1 Å². The number of ether oxygens (including phenoxy) is 7. The third-order valence-electron chi connectivity index (χ3n) is 10.2. The summed E-state index contributed by atoms with van der Waals surface area (Å²) in [5.74, 6) is 0. The molecule has 54 heavy (non-hydrogen) atoms. The first kappa shape index (κ1) is 44.1. The van der Waals surface area contributed by atoms with Crippen molar-refractivity contribution in [3.8, 4) is 0 Å². The maximum absolute atomic E-state index is 6.60. The number of methoxy groups -OCH3 is 1. The van der Waals surface area contributed by atoms with E-state index in [1.807, 2.05) is 54.6 Å². The highest BCUT2D eigenvalue weighted by Gasteiger charge is 2.41. The third-order valence-corrected chi connectivity index (χ3v) is 10.2. The number of benzene rings is 3. The Kier molecular flexibility index (Phi) is 23.5. The summed E-state index contributed by atoms with van der Waals surface area (Å²) in [6.07, 6.45) is 17.7. The maximum Gasteiger partial charge on any atom is 0.160 e. The lowest BCUT2D eigenvalue weighted by molar-refractivity contribution is -0.283. The van der Waals surface area contributed by atoms with Crippen molar-refractivity contribution in [2.75, 3.05) is 33.5 Å². The van der Waals surface area contributed by atoms with Gasteiger partial charge in [-0.3, -0.25) is 0 Å². The molecule has 3 aromatic carbocycles. The molecule has 0 amide bonds. The van der Waals surface area contributed by atoms with Crippen LogP contribution in [0.15, 0.2) is 91.0 Å². The van der Waals surface area contributed by atoms with Crippen LogP contribution in [-0.2, 0) is 53.0 Å². The van der Waals surface area contributed by atoms with Crippen LogP contribution in [0.3, 0.4) is 0 Å². The Balaban J connectivity index is 1.20. The summed E-state index contributed by atoms with van der Waals surface area (Å²) in [7, 11) is 1.71. The molecule has 4 rings (SSSR count). The van der Waals surface area contributed by atoms with Crippen molar-refractivity contribution < 1.29 is 33.2 Å². The molecule has 1 aliphatic rings. The Morgan fingerprint density at radius 2 is 1.06 bits per heavy atom. The molecular formula is C47H70O7. The van der Waals surface area contributed by atoms with E-state index in [0.717, 1.165) is 29.7 Å². The first-order valence-electron chi connectivity index (χ1n) is 21.1. The van der Waals surface area contributed by atoms with Crippen LogP contribution in [0.5, 0.6) is 0 Å². The van der Waals surface area contributed by atoms with E-state index in [-0.39, 0.29) is 18.3 Å². The Labute approximate surface area is 327 Å². The van der Waals surface area contributed by atoms with Crippen molar-refractivity contribution >= 4 is 0 Å². The second kappa shape index (κ2) is 28.7. The molecule has 0 N–H and O–H groups in total. The topological polar surface area (TPSA) is 64.6 Å². The van der Waals surface area contributed by atoms with Gasteiger partial charge in [-0.15, -0.1) is 0 Å². The zero-order valence-corrected chi connectivity index (χ0v) is 33.5. The minimum atomic E-state index is -0.504. The lowest BCUT2D eigenvalue weighted by Crippen LogP contribution is -2.53. The van der Waals surface area contributed by atoms with Gasteiger partial charge in [-0.2, -0.15) is 0 Å². The van der Waals surface area contributed by atoms with E-state index in [4.69, 9.17) is 33.2 Å². The van der Waals surface area contributed by atoms with Gasteiger partial charge in [0.05, 0.1) is 45.7 Å². The van der Waals surface area contributed by atoms with Crippen LogP contribution in [-0.4, -0.2) is 64.2 Å². The Bertz CT molecular complexity index is 1280. The number of rotatable bonds is 31. The normalized spacial score (nSPS) is 19.2. The van der Waals surface area contributed by atoms with Gasteiger partial charge < -0.3 is 33.2 Å². The lowest BCUT2D eigenvalue weighted by Gasteiger charge is -2.41. The average Bonchev–Trinajstić information content (AvgIpc) is 3.21. The first-order valence-corrected chi connectivity index (χ1v) is 21.1. The fraction of sp³-hybridized carbons (Fsp3) is 0.617. The Morgan fingerprint density at radius 3 is 1.59 bits per heavy atom. The predicted molar refractivity (Wildman–Crippen MR) is 217 cm³/mol. The highest BCUT2D eigenvalue weighted by Crippen LogP contribution is 2.29. The minimum Gasteiger partial charge on any atom is -0.379 e. The highest BCUT2D eigenvalue weighted by molar-refractivity contribution is 5.15. The molecular weight excluding hydrogens is 677 g/mol. The molecule has 0 aromatic heterocycles. The van der Waals surface area contributed by atoms with Gasteiger partial charge in [0.25, 0.3) is 0 Å². The fourth-order valence-electron chi connectivity index (χ4n) is 6.93. The van der Waals surface area contributed by atoms with Gasteiger partial charge in [0.1, 0.15) is 18.3 Å². The van der Waals surface area contributed by atoms with Crippen molar-refractivity contribution in [1.82, 2.24) is 0 Å². The molecule has 5 atom stereocenters. The third kappa shape index (κ3) is 18.8. The lowest BCUT2D eigenvalue weighted by atomic mass is 10.0. The minimum absolute atomic E-state index is 0.191. The molecule has 3 aromatic rings. The van der Waals surface area contributed by atoms with Crippen LogP contribution in [0.2, 0.25) is 0 Å². The number of hydrogen-bond donors (Lipinski definition) is 0. The molecule has 7 nitrogen and oxygen atoms in total. The maximum atomic E-state index is 6.60. The predicted octanol–water partition coefficient (Wildman–Crippen LogP) is 11.0. The van der Waals surface area contributed by atoms with Crippen molar-refractivity contribution in [2.45, 2.75) is 154 Å². The largest absolute Gasteiger partial charge is 0.379 e. The molecule has 0 bridgehead atoms. The van der Waals surface area contributed by atoms with E-state index in [2.05, 4.69) is 43.3 Å². The molecule has 7 heteroatoms. The Morgan fingerprint density at radius 1 is 0.556 bits per heavy atom. The summed E-state index contributed by atoms with van der Waals surface area (Å²) >= 11 is 0. The van der Waals surface area contributed by atoms with Crippen LogP contribution in [0.4, 0.5) is 0 Å². The molecule has 0 saturated carbocycles. The Hall–Kier alpha value is -2.62. The quantitative estimate of drug-likeness (QED) is 0.0607. The molecule has 1 heterocycles. The summed E-state index contributed by atoms with van der Waals surface area (Å²) in [6.45, 7) is 5.62. The molecule has 1 fully saturated rings. The number of hydrogen-bond acceptors (Lipinski definition) is 7. The fourth-order valence-corrected chi connectivity index (χ4v) is 6.93. The zero-order valence-electron chi connectivity index (χ0n) is 33.5. The monoisotopic (exact) mass is 747 g/mol. The second-order valence-electron chi connectivity index (χ2n) is 14.8. The van der Waals surface area contributed by atoms with Crippen LogP contribution >= 0.6 is 0 Å². The van der Waals surface area contributed by atoms with Crippen molar-refractivity contribution in [1.29, 1.82) is 0 Å². The summed E-state index contributed by atoms with van der Waals surface area (Å²) in [5, 5.41) is 0. The van der Waals surface area contributed by atoms with Gasteiger partial charge >= 0.3 is 0 Å². The summed E-state index contributed by atoms with van der Waals surface area (Å²) in [6, 6.07) is 30.6. The van der Waals surface area contributed by atoms with Gasteiger partial charge in [0, 0.05) is 20.1 Å². The number of unbranched alkanes of at least 4 members (excludes halogenated alkanes) is 13. The summed E-state index contributed by atoms with van der Waals surface area (Å²) in [5.41, 5.74) is 3.31. The van der Waals surface area contributed by atoms with E-state index >= 15 is 0 Å². The van der Waals surface area contributed by atoms with E-state index < -0.39 is 12.4 Å². The van der Waals surface area contributed by atoms with Gasteiger partial charge in [0.15, 0.2) is 6.29 Å². The van der Waals surface area contributed by atoms with Crippen molar-refractivity contribution in [3.05, 3.63) is 108 Å². The van der Waals surface area contributed by atoms with Crippen LogP contribution in [0.25, 0.3) is 0 Å². The van der Waals surface area contributed by atoms with Gasteiger partial charge in [-0.1, -0.05) is 181 Å². The molecule has 1 saturated heterocycles. The molecule has 0 unspecified atom stereocenters. The smallest absolute Gasteiger partial charge is 0.160 e. The SMILES string of the molecule is CCCCCCCCCCCCCCCCOC[C@H](CO[C@@H]1C[C@@H](OCc2ccccc2)[C@H](OCc2ccccc2)[C@@H](COCc2ccccc2)O1)OC. The highest BCUT2D eigenvalue weighted by atomic mass is 16.7. The van der Waals surface area contributed by atoms with Gasteiger partial charge in [0.2, 0.25) is 0 Å². The van der Waals surface area contributed by atoms with Crippen LogP contribution in [0, 0.1) is 0 Å². The van der Waals surface area contributed by atoms with E-state index in [9.17, 15) is 0 Å². The van der Waals surface area contributed by atoms with Crippen LogP contribution < -0.4 is 0 Å². The van der Waals surface area contributed by atoms with Crippen LogP contribution in [0.1, 0.15) is 120 Å². The summed E-state index contributed by atoms with van der Waals surface area (Å²) < 4.78 is 44.2. The van der Waals surface area contributed by atoms with E-state index in [0.29, 0.717) is 46.1 Å². The van der Waals surface area contributed by atoms with Crippen molar-refractivity contribution in [2.24, 2.45) is 0 Å². The zero-order chi connectivity index (χ0) is 37.7.